The Morgan fingerprint density at radius 2 is 1.67 bits per heavy atom. The number of esters is 1. The Bertz CT molecular complexity index is 740. The molecule has 2 aromatic carbocycles. The van der Waals surface area contributed by atoms with Crippen molar-refractivity contribution < 1.29 is 23.8 Å². The molecule has 0 heterocycles. The van der Waals surface area contributed by atoms with Gasteiger partial charge in [0, 0.05) is 10.0 Å². The summed E-state index contributed by atoms with van der Waals surface area (Å²) in [6, 6.07) is 11.7. The van der Waals surface area contributed by atoms with Crippen LogP contribution in [0.2, 0.25) is 0 Å². The van der Waals surface area contributed by atoms with Gasteiger partial charge in [-0.15, -0.1) is 0 Å². The molecule has 6 heteroatoms. The first-order valence-corrected chi connectivity index (χ1v) is 7.99. The monoisotopic (exact) mass is 392 g/mol. The van der Waals surface area contributed by atoms with Gasteiger partial charge >= 0.3 is 5.97 Å². The molecule has 126 valence electrons. The Balaban J connectivity index is 2.17. The van der Waals surface area contributed by atoms with E-state index in [2.05, 4.69) is 15.9 Å². The van der Waals surface area contributed by atoms with Crippen LogP contribution in [-0.2, 0) is 4.74 Å². The van der Waals surface area contributed by atoms with Crippen molar-refractivity contribution >= 4 is 27.7 Å². The van der Waals surface area contributed by atoms with E-state index in [0.717, 1.165) is 4.47 Å². The van der Waals surface area contributed by atoms with Crippen LogP contribution in [0.4, 0.5) is 0 Å². The van der Waals surface area contributed by atoms with E-state index in [1.54, 1.807) is 42.5 Å². The molecule has 0 saturated heterocycles. The van der Waals surface area contributed by atoms with Crippen molar-refractivity contribution in [3.05, 3.63) is 58.1 Å². The van der Waals surface area contributed by atoms with E-state index >= 15 is 0 Å². The van der Waals surface area contributed by atoms with Crippen LogP contribution in [0.1, 0.15) is 27.6 Å². The number of ether oxygens (including phenoxy) is 3. The van der Waals surface area contributed by atoms with E-state index < -0.39 is 12.1 Å². The van der Waals surface area contributed by atoms with Gasteiger partial charge in [-0.2, -0.15) is 0 Å². The quantitative estimate of drug-likeness (QED) is 0.551. The fourth-order valence-electron chi connectivity index (χ4n) is 2.17. The maximum atomic E-state index is 12.4. The summed E-state index contributed by atoms with van der Waals surface area (Å²) in [6.07, 6.45) is -0.922. The highest BCUT2D eigenvalue weighted by atomic mass is 79.9. The summed E-state index contributed by atoms with van der Waals surface area (Å²) in [5, 5.41) is 0. The zero-order valence-electron chi connectivity index (χ0n) is 13.5. The number of rotatable bonds is 6. The van der Waals surface area contributed by atoms with Crippen molar-refractivity contribution in [2.75, 3.05) is 14.2 Å². The molecule has 0 spiro atoms. The number of benzene rings is 2. The van der Waals surface area contributed by atoms with E-state index in [9.17, 15) is 9.59 Å². The summed E-state index contributed by atoms with van der Waals surface area (Å²) >= 11 is 3.31. The molecule has 0 N–H and O–H groups in total. The van der Waals surface area contributed by atoms with Crippen LogP contribution in [0, 0.1) is 0 Å². The lowest BCUT2D eigenvalue weighted by atomic mass is 10.1. The van der Waals surface area contributed by atoms with Crippen LogP contribution in [0.5, 0.6) is 11.5 Å². The van der Waals surface area contributed by atoms with Gasteiger partial charge in [0.05, 0.1) is 14.2 Å². The number of para-hydroxylation sites is 1. The third kappa shape index (κ3) is 3.94. The van der Waals surface area contributed by atoms with E-state index in [1.165, 1.54) is 21.1 Å². The summed E-state index contributed by atoms with van der Waals surface area (Å²) in [5.41, 5.74) is 0.670. The van der Waals surface area contributed by atoms with Crippen molar-refractivity contribution in [1.82, 2.24) is 0 Å². The molecule has 0 fully saturated rings. The van der Waals surface area contributed by atoms with Crippen molar-refractivity contribution in [2.24, 2.45) is 0 Å². The molecule has 5 nitrogen and oxygen atoms in total. The molecule has 1 atom stereocenters. The molecular formula is C18H17BrO5. The van der Waals surface area contributed by atoms with Crippen LogP contribution < -0.4 is 9.47 Å². The Morgan fingerprint density at radius 1 is 1.00 bits per heavy atom. The van der Waals surface area contributed by atoms with Gasteiger partial charge in [-0.3, -0.25) is 4.79 Å². The zero-order valence-corrected chi connectivity index (χ0v) is 15.1. The molecule has 0 aromatic heterocycles. The van der Waals surface area contributed by atoms with Gasteiger partial charge < -0.3 is 14.2 Å². The van der Waals surface area contributed by atoms with Crippen LogP contribution in [0.25, 0.3) is 0 Å². The van der Waals surface area contributed by atoms with Gasteiger partial charge in [-0.25, -0.2) is 4.79 Å². The first-order valence-electron chi connectivity index (χ1n) is 7.19. The number of hydrogen-bond acceptors (Lipinski definition) is 5. The average molecular weight is 393 g/mol. The maximum Gasteiger partial charge on any atom is 0.342 e. The van der Waals surface area contributed by atoms with Crippen LogP contribution in [-0.4, -0.2) is 32.1 Å². The number of carbonyl (C=O) groups excluding carboxylic acids is 2. The zero-order chi connectivity index (χ0) is 17.7. The number of carbonyl (C=O) groups is 2. The van der Waals surface area contributed by atoms with Gasteiger partial charge in [0.1, 0.15) is 5.56 Å². The van der Waals surface area contributed by atoms with Gasteiger partial charge in [0.15, 0.2) is 17.6 Å². The highest BCUT2D eigenvalue weighted by Crippen LogP contribution is 2.31. The SMILES string of the molecule is COc1cccc(C(=O)O[C@H](C)C(=O)c2ccc(Br)cc2)c1OC. The fourth-order valence-corrected chi connectivity index (χ4v) is 2.44. The van der Waals surface area contributed by atoms with Crippen LogP contribution in [0.15, 0.2) is 46.9 Å². The second kappa shape index (κ2) is 7.97. The average Bonchev–Trinajstić information content (AvgIpc) is 2.60. The minimum atomic E-state index is -0.922. The third-order valence-electron chi connectivity index (χ3n) is 3.40. The summed E-state index contributed by atoms with van der Waals surface area (Å²) in [6.45, 7) is 1.54. The number of Topliss-reactive ketones (excluding diaryl/α,β-unsaturated/α-hetero) is 1. The molecule has 0 saturated carbocycles. The summed E-state index contributed by atoms with van der Waals surface area (Å²) < 4.78 is 16.5. The summed E-state index contributed by atoms with van der Waals surface area (Å²) in [7, 11) is 2.91. The molecule has 0 amide bonds. The predicted octanol–water partition coefficient (Wildman–Crippen LogP) is 3.89. The van der Waals surface area contributed by atoms with Gasteiger partial charge in [0.25, 0.3) is 0 Å². The molecule has 2 rings (SSSR count). The molecule has 2 aromatic rings. The van der Waals surface area contributed by atoms with E-state index in [1.807, 2.05) is 0 Å². The smallest absolute Gasteiger partial charge is 0.342 e. The van der Waals surface area contributed by atoms with Crippen LogP contribution >= 0.6 is 15.9 Å². The van der Waals surface area contributed by atoms with Gasteiger partial charge in [0.2, 0.25) is 5.78 Å². The Labute approximate surface area is 148 Å². The van der Waals surface area contributed by atoms with Crippen molar-refractivity contribution in [3.63, 3.8) is 0 Å². The molecule has 0 bridgehead atoms. The molecule has 0 aliphatic heterocycles. The fraction of sp³-hybridized carbons (Fsp3) is 0.222. The highest BCUT2D eigenvalue weighted by Gasteiger charge is 2.23. The number of hydrogen-bond donors (Lipinski definition) is 0. The Hall–Kier alpha value is -2.34. The topological polar surface area (TPSA) is 61.8 Å². The predicted molar refractivity (Wildman–Crippen MR) is 92.9 cm³/mol. The number of methoxy groups -OCH3 is 2. The van der Waals surface area contributed by atoms with E-state index in [-0.39, 0.29) is 17.1 Å². The Kier molecular flexibility index (Phi) is 5.98. The lowest BCUT2D eigenvalue weighted by Crippen LogP contribution is -2.24. The first kappa shape index (κ1) is 18.0. The largest absolute Gasteiger partial charge is 0.493 e. The third-order valence-corrected chi connectivity index (χ3v) is 3.93. The molecular weight excluding hydrogens is 376 g/mol. The molecule has 0 aliphatic rings. The van der Waals surface area contributed by atoms with Crippen molar-refractivity contribution in [3.8, 4) is 11.5 Å². The maximum absolute atomic E-state index is 12.4. The standard InChI is InChI=1S/C18H17BrO5/c1-11(16(20)12-7-9-13(19)10-8-12)24-18(21)14-5-4-6-15(22-2)17(14)23-3/h4-11H,1-3H3/t11-/m1/s1. The first-order chi connectivity index (χ1) is 11.5. The highest BCUT2D eigenvalue weighted by molar-refractivity contribution is 9.10. The number of ketones is 1. The van der Waals surface area contributed by atoms with Crippen molar-refractivity contribution in [2.45, 2.75) is 13.0 Å². The minimum absolute atomic E-state index is 0.201. The second-order valence-corrected chi connectivity index (χ2v) is 5.88. The molecule has 0 unspecified atom stereocenters. The second-order valence-electron chi connectivity index (χ2n) is 4.96. The van der Waals surface area contributed by atoms with Crippen LogP contribution in [0.3, 0.4) is 0 Å². The molecule has 0 aliphatic carbocycles. The molecule has 24 heavy (non-hydrogen) atoms. The lowest BCUT2D eigenvalue weighted by Gasteiger charge is -2.15. The van der Waals surface area contributed by atoms with E-state index in [0.29, 0.717) is 11.3 Å². The number of halogens is 1. The van der Waals surface area contributed by atoms with Crippen molar-refractivity contribution in [1.29, 1.82) is 0 Å². The molecule has 0 radical (unpaired) electrons. The minimum Gasteiger partial charge on any atom is -0.493 e. The summed E-state index contributed by atoms with van der Waals surface area (Å²) in [4.78, 5) is 24.7. The van der Waals surface area contributed by atoms with E-state index in [4.69, 9.17) is 14.2 Å². The van der Waals surface area contributed by atoms with Gasteiger partial charge in [-0.05, 0) is 31.2 Å². The lowest BCUT2D eigenvalue weighted by molar-refractivity contribution is 0.0315. The Morgan fingerprint density at radius 3 is 2.25 bits per heavy atom. The normalized spacial score (nSPS) is 11.5. The van der Waals surface area contributed by atoms with Gasteiger partial charge in [-0.1, -0.05) is 34.1 Å². The summed E-state index contributed by atoms with van der Waals surface area (Å²) in [5.74, 6) is -0.242.